The molecule has 1 aliphatic carbocycles. The largest absolute Gasteiger partial charge is 0.474 e. The standard InChI is InChI=1S/C13H22N4O/c1-2-11-12(17-14)15-9-16-13(11)18-10-7-5-3-4-6-8-10/h9-10H,2-8,14H2,1H3,(H,15,16,17). The number of ether oxygens (including phenoxy) is 1. The summed E-state index contributed by atoms with van der Waals surface area (Å²) >= 11 is 0. The van der Waals surface area contributed by atoms with Crippen LogP contribution in [0.3, 0.4) is 0 Å². The second kappa shape index (κ2) is 6.54. The molecule has 0 atom stereocenters. The van der Waals surface area contributed by atoms with E-state index < -0.39 is 0 Å². The summed E-state index contributed by atoms with van der Waals surface area (Å²) in [6.45, 7) is 2.06. The Hall–Kier alpha value is -1.36. The lowest BCUT2D eigenvalue weighted by Crippen LogP contribution is -2.18. The van der Waals surface area contributed by atoms with Crippen molar-refractivity contribution in [2.75, 3.05) is 5.43 Å². The smallest absolute Gasteiger partial charge is 0.222 e. The second-order valence-electron chi connectivity index (χ2n) is 4.74. The van der Waals surface area contributed by atoms with Gasteiger partial charge in [-0.05, 0) is 32.1 Å². The molecule has 18 heavy (non-hydrogen) atoms. The molecule has 0 radical (unpaired) electrons. The number of hydrogen-bond donors (Lipinski definition) is 2. The monoisotopic (exact) mass is 250 g/mol. The minimum Gasteiger partial charge on any atom is -0.474 e. The maximum Gasteiger partial charge on any atom is 0.222 e. The predicted molar refractivity (Wildman–Crippen MR) is 71.3 cm³/mol. The molecular weight excluding hydrogens is 228 g/mol. The molecule has 1 aromatic heterocycles. The van der Waals surface area contributed by atoms with E-state index >= 15 is 0 Å². The molecule has 2 rings (SSSR count). The van der Waals surface area contributed by atoms with Gasteiger partial charge in [0.25, 0.3) is 0 Å². The maximum atomic E-state index is 6.05. The van der Waals surface area contributed by atoms with Crippen LogP contribution in [0.25, 0.3) is 0 Å². The van der Waals surface area contributed by atoms with Crippen molar-refractivity contribution in [3.63, 3.8) is 0 Å². The summed E-state index contributed by atoms with van der Waals surface area (Å²) in [6.07, 6.45) is 9.98. The van der Waals surface area contributed by atoms with Gasteiger partial charge in [0.2, 0.25) is 5.88 Å². The van der Waals surface area contributed by atoms with Crippen molar-refractivity contribution < 1.29 is 4.74 Å². The van der Waals surface area contributed by atoms with Crippen LogP contribution in [-0.4, -0.2) is 16.1 Å². The molecule has 0 aromatic carbocycles. The van der Waals surface area contributed by atoms with Crippen LogP contribution < -0.4 is 16.0 Å². The van der Waals surface area contributed by atoms with Gasteiger partial charge in [0, 0.05) is 0 Å². The van der Waals surface area contributed by atoms with Gasteiger partial charge in [-0.15, -0.1) is 0 Å². The predicted octanol–water partition coefficient (Wildman–Crippen LogP) is 2.43. The summed E-state index contributed by atoms with van der Waals surface area (Å²) in [7, 11) is 0. The molecule has 100 valence electrons. The first kappa shape index (κ1) is 13.1. The quantitative estimate of drug-likeness (QED) is 0.488. The van der Waals surface area contributed by atoms with E-state index in [2.05, 4.69) is 22.3 Å². The molecule has 0 saturated heterocycles. The van der Waals surface area contributed by atoms with Gasteiger partial charge in [0.05, 0.1) is 5.56 Å². The normalized spacial score (nSPS) is 17.2. The van der Waals surface area contributed by atoms with Gasteiger partial charge < -0.3 is 10.2 Å². The van der Waals surface area contributed by atoms with E-state index in [0.29, 0.717) is 17.8 Å². The van der Waals surface area contributed by atoms with Gasteiger partial charge in [-0.1, -0.05) is 19.8 Å². The number of rotatable bonds is 4. The minimum absolute atomic E-state index is 0.290. The summed E-state index contributed by atoms with van der Waals surface area (Å²) in [5.41, 5.74) is 3.57. The SMILES string of the molecule is CCc1c(NN)ncnc1OC1CCCCCC1. The van der Waals surface area contributed by atoms with Crippen LogP contribution in [0.1, 0.15) is 51.0 Å². The molecule has 3 N–H and O–H groups in total. The van der Waals surface area contributed by atoms with Crippen LogP contribution in [0.15, 0.2) is 6.33 Å². The number of aromatic nitrogens is 2. The van der Waals surface area contributed by atoms with E-state index in [1.165, 1.54) is 32.0 Å². The second-order valence-corrected chi connectivity index (χ2v) is 4.74. The summed E-state index contributed by atoms with van der Waals surface area (Å²) in [4.78, 5) is 8.37. The molecule has 0 bridgehead atoms. The molecule has 1 saturated carbocycles. The topological polar surface area (TPSA) is 73.1 Å². The molecule has 1 heterocycles. The number of nitrogens with zero attached hydrogens (tertiary/aromatic N) is 2. The van der Waals surface area contributed by atoms with Gasteiger partial charge in [-0.25, -0.2) is 15.8 Å². The average Bonchev–Trinajstić information content (AvgIpc) is 2.67. The van der Waals surface area contributed by atoms with Crippen LogP contribution in [-0.2, 0) is 6.42 Å². The summed E-state index contributed by atoms with van der Waals surface area (Å²) in [6, 6.07) is 0. The fourth-order valence-corrected chi connectivity index (χ4v) is 2.46. The third-order valence-electron chi connectivity index (χ3n) is 3.48. The van der Waals surface area contributed by atoms with Crippen molar-refractivity contribution in [2.45, 2.75) is 58.0 Å². The van der Waals surface area contributed by atoms with E-state index in [0.717, 1.165) is 24.8 Å². The third kappa shape index (κ3) is 3.10. The fraction of sp³-hybridized carbons (Fsp3) is 0.692. The summed E-state index contributed by atoms with van der Waals surface area (Å²) in [5.74, 6) is 6.81. The molecule has 0 spiro atoms. The number of hydrazine groups is 1. The zero-order valence-electron chi connectivity index (χ0n) is 11.0. The number of nitrogen functional groups attached to an aromatic ring is 1. The molecule has 1 aromatic rings. The van der Waals surface area contributed by atoms with Crippen LogP contribution in [0.2, 0.25) is 0 Å². The highest BCUT2D eigenvalue weighted by molar-refractivity contribution is 5.47. The highest BCUT2D eigenvalue weighted by Gasteiger charge is 2.17. The van der Waals surface area contributed by atoms with Crippen LogP contribution >= 0.6 is 0 Å². The zero-order chi connectivity index (χ0) is 12.8. The van der Waals surface area contributed by atoms with Crippen molar-refractivity contribution in [3.05, 3.63) is 11.9 Å². The van der Waals surface area contributed by atoms with E-state index in [1.807, 2.05) is 0 Å². The van der Waals surface area contributed by atoms with E-state index in [1.54, 1.807) is 0 Å². The molecule has 5 heteroatoms. The minimum atomic E-state index is 0.290. The van der Waals surface area contributed by atoms with Crippen LogP contribution in [0.5, 0.6) is 5.88 Å². The number of nitrogens with one attached hydrogen (secondary N) is 1. The third-order valence-corrected chi connectivity index (χ3v) is 3.48. The lowest BCUT2D eigenvalue weighted by Gasteiger charge is -2.18. The maximum absolute atomic E-state index is 6.05. The first-order valence-electron chi connectivity index (χ1n) is 6.82. The lowest BCUT2D eigenvalue weighted by molar-refractivity contribution is 0.174. The van der Waals surface area contributed by atoms with Gasteiger partial charge >= 0.3 is 0 Å². The van der Waals surface area contributed by atoms with Crippen molar-refractivity contribution in [1.82, 2.24) is 9.97 Å². The Kier molecular flexibility index (Phi) is 4.75. The number of anilines is 1. The van der Waals surface area contributed by atoms with Gasteiger partial charge in [0.1, 0.15) is 18.2 Å². The van der Waals surface area contributed by atoms with Crippen molar-refractivity contribution in [3.8, 4) is 5.88 Å². The van der Waals surface area contributed by atoms with E-state index in [-0.39, 0.29) is 0 Å². The average molecular weight is 250 g/mol. The van der Waals surface area contributed by atoms with Crippen molar-refractivity contribution >= 4 is 5.82 Å². The molecule has 1 aliphatic rings. The van der Waals surface area contributed by atoms with Gasteiger partial charge in [-0.2, -0.15) is 0 Å². The molecule has 0 unspecified atom stereocenters. The molecule has 0 amide bonds. The Morgan fingerprint density at radius 2 is 2.00 bits per heavy atom. The Morgan fingerprint density at radius 1 is 1.28 bits per heavy atom. The first-order chi connectivity index (χ1) is 8.85. The van der Waals surface area contributed by atoms with Crippen LogP contribution in [0.4, 0.5) is 5.82 Å². The van der Waals surface area contributed by atoms with E-state index in [4.69, 9.17) is 10.6 Å². The Morgan fingerprint density at radius 3 is 2.61 bits per heavy atom. The van der Waals surface area contributed by atoms with Crippen LogP contribution in [0, 0.1) is 0 Å². The first-order valence-corrected chi connectivity index (χ1v) is 6.82. The molecule has 0 aliphatic heterocycles. The molecule has 1 fully saturated rings. The molecule has 5 nitrogen and oxygen atoms in total. The Bertz CT molecular complexity index is 375. The number of hydrogen-bond acceptors (Lipinski definition) is 5. The summed E-state index contributed by atoms with van der Waals surface area (Å²) < 4.78 is 6.05. The highest BCUT2D eigenvalue weighted by Crippen LogP contribution is 2.26. The van der Waals surface area contributed by atoms with Crippen molar-refractivity contribution in [2.24, 2.45) is 5.84 Å². The van der Waals surface area contributed by atoms with Crippen molar-refractivity contribution in [1.29, 1.82) is 0 Å². The fourth-order valence-electron chi connectivity index (χ4n) is 2.46. The lowest BCUT2D eigenvalue weighted by atomic mass is 10.1. The van der Waals surface area contributed by atoms with Gasteiger partial charge in [0.15, 0.2) is 0 Å². The Labute approximate surface area is 108 Å². The zero-order valence-corrected chi connectivity index (χ0v) is 11.0. The summed E-state index contributed by atoms with van der Waals surface area (Å²) in [5, 5.41) is 0. The highest BCUT2D eigenvalue weighted by atomic mass is 16.5. The van der Waals surface area contributed by atoms with Gasteiger partial charge in [-0.3, -0.25) is 0 Å². The Balaban J connectivity index is 2.12. The molecular formula is C13H22N4O. The number of nitrogens with two attached hydrogens (primary N) is 1. The van der Waals surface area contributed by atoms with E-state index in [9.17, 15) is 0 Å².